The smallest absolute Gasteiger partial charge is 0.103 e. The van der Waals surface area contributed by atoms with E-state index >= 15 is 0 Å². The highest BCUT2D eigenvalue weighted by atomic mass is 14.9. The van der Waals surface area contributed by atoms with Gasteiger partial charge >= 0.3 is 0 Å². The van der Waals surface area contributed by atoms with Crippen LogP contribution in [-0.2, 0) is 6.42 Å². The molecule has 1 unspecified atom stereocenters. The van der Waals surface area contributed by atoms with Crippen LogP contribution in [0.4, 0.5) is 0 Å². The van der Waals surface area contributed by atoms with E-state index in [4.69, 9.17) is 5.73 Å². The zero-order valence-electron chi connectivity index (χ0n) is 11.9. The fourth-order valence-corrected chi connectivity index (χ4v) is 5.66. The molecule has 3 nitrogen and oxygen atoms in total. The first kappa shape index (κ1) is 12.0. The van der Waals surface area contributed by atoms with Crippen molar-refractivity contribution in [2.45, 2.75) is 57.9 Å². The number of H-pyrrole nitrogens is 1. The Bertz CT molecular complexity index is 441. The van der Waals surface area contributed by atoms with Gasteiger partial charge in [0.15, 0.2) is 0 Å². The van der Waals surface area contributed by atoms with Gasteiger partial charge in [0.05, 0.1) is 0 Å². The molecule has 0 radical (unpaired) electrons. The minimum absolute atomic E-state index is 0.320. The predicted molar refractivity (Wildman–Crippen MR) is 75.6 cm³/mol. The lowest BCUT2D eigenvalue weighted by Gasteiger charge is -2.59. The van der Waals surface area contributed by atoms with Gasteiger partial charge < -0.3 is 10.7 Å². The SMILES string of the molecule is Cc1ncc(CC(N)C23CC4CC(CC(C4)C2)C3)[nH]1. The normalized spacial score (nSPS) is 41.7. The van der Waals surface area contributed by atoms with Gasteiger partial charge in [0.2, 0.25) is 0 Å². The average Bonchev–Trinajstić information content (AvgIpc) is 2.73. The summed E-state index contributed by atoms with van der Waals surface area (Å²) in [6, 6.07) is 0.320. The van der Waals surface area contributed by atoms with Crippen LogP contribution >= 0.6 is 0 Å². The van der Waals surface area contributed by atoms with Crippen molar-refractivity contribution >= 4 is 0 Å². The zero-order chi connectivity index (χ0) is 13.0. The van der Waals surface area contributed by atoms with E-state index in [2.05, 4.69) is 9.97 Å². The van der Waals surface area contributed by atoms with Gasteiger partial charge in [-0.25, -0.2) is 4.98 Å². The Balaban J connectivity index is 1.54. The number of nitrogens with one attached hydrogen (secondary N) is 1. The monoisotopic (exact) mass is 259 g/mol. The Morgan fingerprint density at radius 3 is 2.32 bits per heavy atom. The van der Waals surface area contributed by atoms with Crippen molar-refractivity contribution in [3.05, 3.63) is 17.7 Å². The summed E-state index contributed by atoms with van der Waals surface area (Å²) in [5.74, 6) is 3.97. The second-order valence-electron chi connectivity index (χ2n) is 7.58. The van der Waals surface area contributed by atoms with Crippen LogP contribution in [0.15, 0.2) is 6.20 Å². The third kappa shape index (κ3) is 1.94. The van der Waals surface area contributed by atoms with Crippen LogP contribution in [0.25, 0.3) is 0 Å². The highest BCUT2D eigenvalue weighted by molar-refractivity contribution is 5.10. The largest absolute Gasteiger partial charge is 0.346 e. The minimum Gasteiger partial charge on any atom is -0.346 e. The molecule has 0 aromatic carbocycles. The van der Waals surface area contributed by atoms with Crippen molar-refractivity contribution in [3.63, 3.8) is 0 Å². The number of aromatic nitrogens is 2. The van der Waals surface area contributed by atoms with E-state index < -0.39 is 0 Å². The van der Waals surface area contributed by atoms with Crippen LogP contribution in [0.3, 0.4) is 0 Å². The highest BCUT2D eigenvalue weighted by Gasteiger charge is 2.53. The second-order valence-corrected chi connectivity index (χ2v) is 7.58. The number of aryl methyl sites for hydroxylation is 1. The molecule has 5 rings (SSSR count). The Labute approximate surface area is 115 Å². The third-order valence-electron chi connectivity index (χ3n) is 6.07. The van der Waals surface area contributed by atoms with E-state index in [0.29, 0.717) is 11.5 Å². The third-order valence-corrected chi connectivity index (χ3v) is 6.07. The predicted octanol–water partition coefficient (Wildman–Crippen LogP) is 2.80. The molecule has 1 aromatic heterocycles. The topological polar surface area (TPSA) is 54.7 Å². The first-order valence-corrected chi connectivity index (χ1v) is 7.89. The molecule has 3 N–H and O–H groups in total. The van der Waals surface area contributed by atoms with Gasteiger partial charge in [0, 0.05) is 24.4 Å². The van der Waals surface area contributed by atoms with Crippen LogP contribution in [-0.4, -0.2) is 16.0 Å². The number of rotatable bonds is 3. The molecular formula is C16H25N3. The molecular weight excluding hydrogens is 234 g/mol. The summed E-state index contributed by atoms with van der Waals surface area (Å²) in [6.45, 7) is 2.01. The van der Waals surface area contributed by atoms with E-state index in [-0.39, 0.29) is 0 Å². The lowest BCUT2D eigenvalue weighted by Crippen LogP contribution is -2.55. The maximum atomic E-state index is 6.67. The van der Waals surface area contributed by atoms with Crippen molar-refractivity contribution in [2.75, 3.05) is 0 Å². The van der Waals surface area contributed by atoms with Crippen LogP contribution in [0.5, 0.6) is 0 Å². The summed E-state index contributed by atoms with van der Waals surface area (Å²) in [5, 5.41) is 0. The Kier molecular flexibility index (Phi) is 2.57. The molecule has 3 heteroatoms. The molecule has 0 saturated heterocycles. The van der Waals surface area contributed by atoms with E-state index in [9.17, 15) is 0 Å². The van der Waals surface area contributed by atoms with Crippen LogP contribution in [0, 0.1) is 30.1 Å². The lowest BCUT2D eigenvalue weighted by atomic mass is 9.47. The first-order chi connectivity index (χ1) is 9.13. The second kappa shape index (κ2) is 4.08. The minimum atomic E-state index is 0.320. The molecule has 19 heavy (non-hydrogen) atoms. The number of nitrogens with zero attached hydrogens (tertiary/aromatic N) is 1. The molecule has 0 amide bonds. The zero-order valence-corrected chi connectivity index (χ0v) is 11.9. The van der Waals surface area contributed by atoms with Gasteiger partial charge in [-0.3, -0.25) is 0 Å². The molecule has 1 aromatic rings. The molecule has 4 fully saturated rings. The molecule has 1 atom stereocenters. The summed E-state index contributed by atoms with van der Waals surface area (Å²) in [7, 11) is 0. The quantitative estimate of drug-likeness (QED) is 0.877. The van der Waals surface area contributed by atoms with Gasteiger partial charge in [-0.05, 0) is 68.6 Å². The standard InChI is InChI=1S/C16H25N3/c1-10-18-9-14(19-10)5-15(17)16-6-11-2-12(7-16)4-13(3-11)8-16/h9,11-13,15H,2-8,17H2,1H3,(H,18,19). The summed E-state index contributed by atoms with van der Waals surface area (Å²) in [6.07, 6.45) is 11.6. The van der Waals surface area contributed by atoms with Crippen molar-refractivity contribution < 1.29 is 0 Å². The van der Waals surface area contributed by atoms with Gasteiger partial charge in [-0.1, -0.05) is 0 Å². The summed E-state index contributed by atoms with van der Waals surface area (Å²) in [4.78, 5) is 7.65. The summed E-state index contributed by atoms with van der Waals surface area (Å²) in [5.41, 5.74) is 8.34. The summed E-state index contributed by atoms with van der Waals surface area (Å²) < 4.78 is 0. The number of hydrogen-bond acceptors (Lipinski definition) is 2. The fourth-order valence-electron chi connectivity index (χ4n) is 5.66. The van der Waals surface area contributed by atoms with Crippen LogP contribution in [0.1, 0.15) is 50.0 Å². The maximum Gasteiger partial charge on any atom is 0.103 e. The van der Waals surface area contributed by atoms with Crippen molar-refractivity contribution in [1.82, 2.24) is 9.97 Å². The lowest BCUT2D eigenvalue weighted by molar-refractivity contribution is -0.0668. The molecule has 0 aliphatic heterocycles. The molecule has 104 valence electrons. The number of hydrogen-bond donors (Lipinski definition) is 2. The summed E-state index contributed by atoms with van der Waals surface area (Å²) >= 11 is 0. The Hall–Kier alpha value is -0.830. The van der Waals surface area contributed by atoms with Crippen molar-refractivity contribution in [3.8, 4) is 0 Å². The number of imidazole rings is 1. The highest BCUT2D eigenvalue weighted by Crippen LogP contribution is 2.61. The van der Waals surface area contributed by atoms with Crippen molar-refractivity contribution in [1.29, 1.82) is 0 Å². The van der Waals surface area contributed by atoms with E-state index in [1.54, 1.807) is 0 Å². The first-order valence-electron chi connectivity index (χ1n) is 7.89. The molecule has 4 aliphatic rings. The van der Waals surface area contributed by atoms with Crippen LogP contribution < -0.4 is 5.73 Å². The maximum absolute atomic E-state index is 6.67. The Morgan fingerprint density at radius 2 is 1.84 bits per heavy atom. The molecule has 4 bridgehead atoms. The number of nitrogens with two attached hydrogens (primary N) is 1. The van der Waals surface area contributed by atoms with Gasteiger partial charge in [-0.15, -0.1) is 0 Å². The van der Waals surface area contributed by atoms with Crippen molar-refractivity contribution in [2.24, 2.45) is 28.9 Å². The molecule has 0 spiro atoms. The van der Waals surface area contributed by atoms with Gasteiger partial charge in [0.1, 0.15) is 5.82 Å². The average molecular weight is 259 g/mol. The molecule has 4 saturated carbocycles. The molecule has 4 aliphatic carbocycles. The van der Waals surface area contributed by atoms with Gasteiger partial charge in [0.25, 0.3) is 0 Å². The fraction of sp³-hybridized carbons (Fsp3) is 0.812. The van der Waals surface area contributed by atoms with E-state index in [1.807, 2.05) is 13.1 Å². The van der Waals surface area contributed by atoms with Gasteiger partial charge in [-0.2, -0.15) is 0 Å². The van der Waals surface area contributed by atoms with E-state index in [1.165, 1.54) is 44.2 Å². The van der Waals surface area contributed by atoms with E-state index in [0.717, 1.165) is 30.0 Å². The number of aromatic amines is 1. The Morgan fingerprint density at radius 1 is 1.26 bits per heavy atom. The van der Waals surface area contributed by atoms with Crippen LogP contribution in [0.2, 0.25) is 0 Å². The molecule has 1 heterocycles.